The predicted octanol–water partition coefficient (Wildman–Crippen LogP) is 2.76. The lowest BCUT2D eigenvalue weighted by molar-refractivity contribution is 0.505. The van der Waals surface area contributed by atoms with Crippen molar-refractivity contribution < 1.29 is 8.82 Å². The molecule has 1 rings (SSSR count). The first-order valence-electron chi connectivity index (χ1n) is 3.84. The highest BCUT2D eigenvalue weighted by atomic mass is 28.3. The normalized spacial score (nSPS) is 10.4. The molecule has 0 fully saturated rings. The van der Waals surface area contributed by atoms with Gasteiger partial charge in [-0.05, 0) is 31.6 Å². The number of benzene rings is 1. The van der Waals surface area contributed by atoms with Gasteiger partial charge >= 0.3 is 0 Å². The van der Waals surface area contributed by atoms with Crippen LogP contribution in [0.4, 0.5) is 4.39 Å². The van der Waals surface area contributed by atoms with E-state index in [1.807, 2.05) is 26.1 Å². The van der Waals surface area contributed by atoms with Gasteiger partial charge in [-0.3, -0.25) is 0 Å². The SMILES string of the molecule is Cc1cccc(F)c1O[Si](C)C. The fourth-order valence-corrected chi connectivity index (χ4v) is 1.62. The van der Waals surface area contributed by atoms with Gasteiger partial charge in [0.25, 0.3) is 9.04 Å². The van der Waals surface area contributed by atoms with Crippen LogP contribution in [-0.4, -0.2) is 9.04 Å². The zero-order valence-corrected chi connectivity index (χ0v) is 8.52. The summed E-state index contributed by atoms with van der Waals surface area (Å²) in [5.74, 6) is 0.151. The van der Waals surface area contributed by atoms with Gasteiger partial charge in [-0.15, -0.1) is 0 Å². The van der Waals surface area contributed by atoms with Crippen molar-refractivity contribution in [2.24, 2.45) is 0 Å². The highest BCUT2D eigenvalue weighted by Crippen LogP contribution is 2.21. The van der Waals surface area contributed by atoms with Crippen LogP contribution in [0, 0.1) is 12.7 Å². The molecule has 1 aromatic carbocycles. The second-order valence-electron chi connectivity index (χ2n) is 2.90. The summed E-state index contributed by atoms with van der Waals surface area (Å²) in [7, 11) is -0.871. The summed E-state index contributed by atoms with van der Waals surface area (Å²) in [4.78, 5) is 0. The molecule has 0 saturated heterocycles. The molecule has 0 amide bonds. The molecule has 0 atom stereocenters. The highest BCUT2D eigenvalue weighted by molar-refractivity contribution is 6.49. The second kappa shape index (κ2) is 3.71. The monoisotopic (exact) mass is 183 g/mol. The summed E-state index contributed by atoms with van der Waals surface area (Å²) in [5.41, 5.74) is 0.862. The first-order valence-corrected chi connectivity index (χ1v) is 6.25. The van der Waals surface area contributed by atoms with Crippen molar-refractivity contribution in [2.45, 2.75) is 20.0 Å². The van der Waals surface area contributed by atoms with Crippen LogP contribution in [0.5, 0.6) is 5.75 Å². The number of para-hydroxylation sites is 1. The van der Waals surface area contributed by atoms with E-state index in [9.17, 15) is 4.39 Å². The topological polar surface area (TPSA) is 9.23 Å². The van der Waals surface area contributed by atoms with E-state index in [4.69, 9.17) is 4.43 Å². The van der Waals surface area contributed by atoms with E-state index in [0.29, 0.717) is 5.75 Å². The number of rotatable bonds is 2. The van der Waals surface area contributed by atoms with Crippen LogP contribution in [-0.2, 0) is 0 Å². The number of halogens is 1. The van der Waals surface area contributed by atoms with Crippen molar-refractivity contribution in [3.05, 3.63) is 29.6 Å². The molecule has 0 saturated carbocycles. The Hall–Kier alpha value is -0.833. The summed E-state index contributed by atoms with van der Waals surface area (Å²) in [6.45, 7) is 5.82. The van der Waals surface area contributed by atoms with Crippen LogP contribution < -0.4 is 4.43 Å². The Labute approximate surface area is 73.9 Å². The van der Waals surface area contributed by atoms with E-state index in [-0.39, 0.29) is 5.82 Å². The minimum absolute atomic E-state index is 0.263. The van der Waals surface area contributed by atoms with Crippen molar-refractivity contribution in [3.63, 3.8) is 0 Å². The van der Waals surface area contributed by atoms with Crippen LogP contribution in [0.25, 0.3) is 0 Å². The Morgan fingerprint density at radius 3 is 2.50 bits per heavy atom. The van der Waals surface area contributed by atoms with Gasteiger partial charge in [-0.25, -0.2) is 4.39 Å². The third-order valence-corrected chi connectivity index (χ3v) is 2.08. The van der Waals surface area contributed by atoms with Gasteiger partial charge in [0.1, 0.15) is 5.75 Å². The smallest absolute Gasteiger partial charge is 0.274 e. The van der Waals surface area contributed by atoms with Gasteiger partial charge < -0.3 is 4.43 Å². The van der Waals surface area contributed by atoms with Crippen LogP contribution in [0.2, 0.25) is 13.1 Å². The lowest BCUT2D eigenvalue weighted by atomic mass is 10.2. The number of hydrogen-bond donors (Lipinski definition) is 0. The fourth-order valence-electron chi connectivity index (χ4n) is 0.950. The predicted molar refractivity (Wildman–Crippen MR) is 49.2 cm³/mol. The molecule has 0 aliphatic heterocycles. The molecule has 0 spiro atoms. The molecule has 0 N–H and O–H groups in total. The van der Waals surface area contributed by atoms with Gasteiger partial charge in [0.2, 0.25) is 0 Å². The van der Waals surface area contributed by atoms with Crippen LogP contribution in [0.3, 0.4) is 0 Å². The summed E-state index contributed by atoms with van der Waals surface area (Å²) in [6.07, 6.45) is 0. The molecular formula is C9H12FOSi. The van der Waals surface area contributed by atoms with Crippen molar-refractivity contribution in [1.82, 2.24) is 0 Å². The Bertz CT molecular complexity index is 253. The van der Waals surface area contributed by atoms with E-state index in [2.05, 4.69) is 0 Å². The second-order valence-corrected chi connectivity index (χ2v) is 4.92. The minimum Gasteiger partial charge on any atom is -0.540 e. The molecule has 0 heterocycles. The standard InChI is InChI=1S/C9H12FOSi/c1-7-5-4-6-8(10)9(7)11-12(2)3/h4-6H,1-3H3. The lowest BCUT2D eigenvalue weighted by Crippen LogP contribution is -2.13. The zero-order chi connectivity index (χ0) is 9.14. The molecule has 12 heavy (non-hydrogen) atoms. The Morgan fingerprint density at radius 2 is 2.00 bits per heavy atom. The van der Waals surface area contributed by atoms with Crippen molar-refractivity contribution in [2.75, 3.05) is 0 Å². The maximum absolute atomic E-state index is 13.1. The number of aryl methyl sites for hydroxylation is 1. The summed E-state index contributed by atoms with van der Waals surface area (Å²) in [5, 5.41) is 0. The molecule has 0 bridgehead atoms. The maximum Gasteiger partial charge on any atom is 0.274 e. The average molecular weight is 183 g/mol. The van der Waals surface area contributed by atoms with Crippen LogP contribution >= 0.6 is 0 Å². The maximum atomic E-state index is 13.1. The average Bonchev–Trinajstić information content (AvgIpc) is 1.97. The third-order valence-electron chi connectivity index (χ3n) is 1.47. The van der Waals surface area contributed by atoms with E-state index < -0.39 is 9.04 Å². The number of hydrogen-bond acceptors (Lipinski definition) is 1. The lowest BCUT2D eigenvalue weighted by Gasteiger charge is -2.11. The molecule has 1 radical (unpaired) electrons. The molecule has 0 unspecified atom stereocenters. The molecule has 3 heteroatoms. The quantitative estimate of drug-likeness (QED) is 0.641. The zero-order valence-electron chi connectivity index (χ0n) is 7.52. The molecule has 1 nitrogen and oxygen atoms in total. The molecule has 0 aliphatic carbocycles. The molecule has 1 aromatic rings. The van der Waals surface area contributed by atoms with Crippen molar-refractivity contribution in [1.29, 1.82) is 0 Å². The third kappa shape index (κ3) is 2.07. The summed E-state index contributed by atoms with van der Waals surface area (Å²) in [6, 6.07) is 4.96. The van der Waals surface area contributed by atoms with E-state index in [0.717, 1.165) is 5.56 Å². The molecular weight excluding hydrogens is 171 g/mol. The fraction of sp³-hybridized carbons (Fsp3) is 0.333. The summed E-state index contributed by atoms with van der Waals surface area (Å²) >= 11 is 0. The molecule has 0 aromatic heterocycles. The van der Waals surface area contributed by atoms with E-state index >= 15 is 0 Å². The first-order chi connectivity index (χ1) is 5.61. The first kappa shape index (κ1) is 9.26. The van der Waals surface area contributed by atoms with Gasteiger partial charge in [-0.1, -0.05) is 12.1 Å². The van der Waals surface area contributed by atoms with Gasteiger partial charge in [0.15, 0.2) is 5.82 Å². The Kier molecular flexibility index (Phi) is 2.86. The minimum atomic E-state index is -0.871. The molecule has 0 aliphatic rings. The van der Waals surface area contributed by atoms with Crippen molar-refractivity contribution in [3.8, 4) is 5.75 Å². The van der Waals surface area contributed by atoms with Crippen molar-refractivity contribution >= 4 is 9.04 Å². The van der Waals surface area contributed by atoms with E-state index in [1.165, 1.54) is 6.07 Å². The van der Waals surface area contributed by atoms with Gasteiger partial charge in [-0.2, -0.15) is 0 Å². The van der Waals surface area contributed by atoms with Crippen LogP contribution in [0.1, 0.15) is 5.56 Å². The van der Waals surface area contributed by atoms with E-state index in [1.54, 1.807) is 6.07 Å². The largest absolute Gasteiger partial charge is 0.540 e. The highest BCUT2D eigenvalue weighted by Gasteiger charge is 2.08. The Balaban J connectivity index is 2.96. The van der Waals surface area contributed by atoms with Crippen LogP contribution in [0.15, 0.2) is 18.2 Å². The Morgan fingerprint density at radius 1 is 1.33 bits per heavy atom. The summed E-state index contributed by atoms with van der Waals surface area (Å²) < 4.78 is 18.5. The van der Waals surface area contributed by atoms with Gasteiger partial charge in [0, 0.05) is 0 Å². The van der Waals surface area contributed by atoms with Gasteiger partial charge in [0.05, 0.1) is 0 Å². The molecule has 65 valence electrons.